The second-order valence-electron chi connectivity index (χ2n) is 5.67. The maximum atomic E-state index is 12.7. The van der Waals surface area contributed by atoms with E-state index in [1.165, 1.54) is 5.56 Å². The predicted octanol–water partition coefficient (Wildman–Crippen LogP) is 2.78. The fraction of sp³-hybridized carbons (Fsp3) is 0.316. The number of rotatable bonds is 4. The average molecular weight is 311 g/mol. The van der Waals surface area contributed by atoms with Crippen LogP contribution in [0.5, 0.6) is 5.75 Å². The lowest BCUT2D eigenvalue weighted by molar-refractivity contribution is -0.0208. The molecule has 23 heavy (non-hydrogen) atoms. The molecule has 1 saturated heterocycles. The van der Waals surface area contributed by atoms with Crippen molar-refractivity contribution in [3.63, 3.8) is 0 Å². The van der Waals surface area contributed by atoms with Crippen LogP contribution in [-0.2, 0) is 11.2 Å². The lowest BCUT2D eigenvalue weighted by atomic mass is 10.1. The van der Waals surface area contributed by atoms with E-state index in [0.717, 1.165) is 6.42 Å². The van der Waals surface area contributed by atoms with E-state index in [9.17, 15) is 4.79 Å². The Morgan fingerprint density at radius 2 is 2.04 bits per heavy atom. The number of benzene rings is 2. The van der Waals surface area contributed by atoms with E-state index in [2.05, 4.69) is 12.1 Å². The highest BCUT2D eigenvalue weighted by atomic mass is 16.5. The zero-order valence-corrected chi connectivity index (χ0v) is 13.3. The first-order chi connectivity index (χ1) is 11.3. The van der Waals surface area contributed by atoms with Crippen LogP contribution in [0.4, 0.5) is 0 Å². The van der Waals surface area contributed by atoms with Gasteiger partial charge < -0.3 is 14.4 Å². The molecule has 0 radical (unpaired) electrons. The number of carbonyl (C=O) groups is 1. The Kier molecular flexibility index (Phi) is 4.93. The Balaban J connectivity index is 1.66. The van der Waals surface area contributed by atoms with E-state index in [1.54, 1.807) is 13.2 Å². The van der Waals surface area contributed by atoms with E-state index < -0.39 is 0 Å². The van der Waals surface area contributed by atoms with Gasteiger partial charge in [-0.25, -0.2) is 0 Å². The molecule has 1 amide bonds. The first-order valence-corrected chi connectivity index (χ1v) is 7.85. The minimum atomic E-state index is 0.0326. The smallest absolute Gasteiger partial charge is 0.254 e. The SMILES string of the molecule is COc1cccc(C(=O)N2CCOC(Cc3ccccc3)C2)c1. The highest BCUT2D eigenvalue weighted by Gasteiger charge is 2.25. The molecule has 0 aromatic heterocycles. The third kappa shape index (κ3) is 3.90. The van der Waals surface area contributed by atoms with Gasteiger partial charge in [0, 0.05) is 25.1 Å². The van der Waals surface area contributed by atoms with E-state index in [0.29, 0.717) is 31.0 Å². The third-order valence-electron chi connectivity index (χ3n) is 4.05. The summed E-state index contributed by atoms with van der Waals surface area (Å²) in [6, 6.07) is 17.5. The summed E-state index contributed by atoms with van der Waals surface area (Å²) in [6.45, 7) is 1.82. The molecule has 1 heterocycles. The van der Waals surface area contributed by atoms with Crippen LogP contribution in [0.1, 0.15) is 15.9 Å². The van der Waals surface area contributed by atoms with Gasteiger partial charge in [0.25, 0.3) is 5.91 Å². The molecule has 4 nitrogen and oxygen atoms in total. The maximum Gasteiger partial charge on any atom is 0.254 e. The molecule has 1 aliphatic rings. The number of hydrogen-bond acceptors (Lipinski definition) is 3. The number of morpholine rings is 1. The summed E-state index contributed by atoms with van der Waals surface area (Å²) in [5, 5.41) is 0. The van der Waals surface area contributed by atoms with Gasteiger partial charge in [-0.15, -0.1) is 0 Å². The minimum Gasteiger partial charge on any atom is -0.497 e. The van der Waals surface area contributed by atoms with Crippen molar-refractivity contribution in [2.75, 3.05) is 26.8 Å². The number of ether oxygens (including phenoxy) is 2. The summed E-state index contributed by atoms with van der Waals surface area (Å²) in [4.78, 5) is 14.5. The van der Waals surface area contributed by atoms with Crippen molar-refractivity contribution in [2.24, 2.45) is 0 Å². The number of hydrogen-bond donors (Lipinski definition) is 0. The van der Waals surface area contributed by atoms with Gasteiger partial charge in [-0.3, -0.25) is 4.79 Å². The summed E-state index contributed by atoms with van der Waals surface area (Å²) in [6.07, 6.45) is 0.864. The summed E-state index contributed by atoms with van der Waals surface area (Å²) in [7, 11) is 1.61. The molecular weight excluding hydrogens is 290 g/mol. The highest BCUT2D eigenvalue weighted by molar-refractivity contribution is 5.94. The maximum absolute atomic E-state index is 12.7. The summed E-state index contributed by atoms with van der Waals surface area (Å²) < 4.78 is 11.0. The fourth-order valence-electron chi connectivity index (χ4n) is 2.84. The van der Waals surface area contributed by atoms with Crippen molar-refractivity contribution in [1.29, 1.82) is 0 Å². The molecule has 4 heteroatoms. The molecule has 3 rings (SSSR count). The molecule has 1 unspecified atom stereocenters. The van der Waals surface area contributed by atoms with Gasteiger partial charge in [-0.1, -0.05) is 36.4 Å². The van der Waals surface area contributed by atoms with Crippen LogP contribution in [0.2, 0.25) is 0 Å². The molecule has 0 bridgehead atoms. The lowest BCUT2D eigenvalue weighted by Gasteiger charge is -2.33. The molecule has 1 atom stereocenters. The van der Waals surface area contributed by atoms with Crippen LogP contribution in [0.3, 0.4) is 0 Å². The van der Waals surface area contributed by atoms with Gasteiger partial charge in [0.2, 0.25) is 0 Å². The monoisotopic (exact) mass is 311 g/mol. The molecule has 2 aromatic rings. The zero-order chi connectivity index (χ0) is 16.1. The van der Waals surface area contributed by atoms with Crippen LogP contribution < -0.4 is 4.74 Å². The van der Waals surface area contributed by atoms with Gasteiger partial charge in [-0.2, -0.15) is 0 Å². The van der Waals surface area contributed by atoms with Gasteiger partial charge in [0.15, 0.2) is 0 Å². The van der Waals surface area contributed by atoms with Crippen LogP contribution in [0, 0.1) is 0 Å². The quantitative estimate of drug-likeness (QED) is 0.871. The number of methoxy groups -OCH3 is 1. The first kappa shape index (κ1) is 15.6. The van der Waals surface area contributed by atoms with Gasteiger partial charge in [-0.05, 0) is 23.8 Å². The summed E-state index contributed by atoms with van der Waals surface area (Å²) >= 11 is 0. The lowest BCUT2D eigenvalue weighted by Crippen LogP contribution is -2.46. The first-order valence-electron chi connectivity index (χ1n) is 7.85. The van der Waals surface area contributed by atoms with E-state index in [1.807, 2.05) is 41.3 Å². The van der Waals surface area contributed by atoms with Crippen molar-refractivity contribution in [3.05, 3.63) is 65.7 Å². The Morgan fingerprint density at radius 1 is 1.22 bits per heavy atom. The zero-order valence-electron chi connectivity index (χ0n) is 13.3. The number of carbonyl (C=O) groups excluding carboxylic acids is 1. The van der Waals surface area contributed by atoms with Crippen molar-refractivity contribution in [2.45, 2.75) is 12.5 Å². The minimum absolute atomic E-state index is 0.0326. The second-order valence-corrected chi connectivity index (χ2v) is 5.67. The number of nitrogens with zero attached hydrogens (tertiary/aromatic N) is 1. The van der Waals surface area contributed by atoms with Crippen molar-refractivity contribution < 1.29 is 14.3 Å². The summed E-state index contributed by atoms with van der Waals surface area (Å²) in [5.74, 6) is 0.732. The van der Waals surface area contributed by atoms with Crippen LogP contribution in [0.15, 0.2) is 54.6 Å². The molecule has 0 saturated carbocycles. The Bertz CT molecular complexity index is 657. The van der Waals surface area contributed by atoms with Crippen molar-refractivity contribution in [3.8, 4) is 5.75 Å². The van der Waals surface area contributed by atoms with Crippen molar-refractivity contribution >= 4 is 5.91 Å². The fourth-order valence-corrected chi connectivity index (χ4v) is 2.84. The van der Waals surface area contributed by atoms with Crippen LogP contribution in [-0.4, -0.2) is 43.7 Å². The largest absolute Gasteiger partial charge is 0.497 e. The van der Waals surface area contributed by atoms with Gasteiger partial charge >= 0.3 is 0 Å². The Hall–Kier alpha value is -2.33. The van der Waals surface area contributed by atoms with Crippen LogP contribution in [0.25, 0.3) is 0 Å². The molecule has 2 aromatic carbocycles. The molecule has 0 N–H and O–H groups in total. The van der Waals surface area contributed by atoms with E-state index in [4.69, 9.17) is 9.47 Å². The molecule has 120 valence electrons. The molecule has 1 aliphatic heterocycles. The Labute approximate surface area is 136 Å². The number of amides is 1. The van der Waals surface area contributed by atoms with E-state index in [-0.39, 0.29) is 12.0 Å². The average Bonchev–Trinajstić information content (AvgIpc) is 2.62. The summed E-state index contributed by atoms with van der Waals surface area (Å²) in [5.41, 5.74) is 1.89. The van der Waals surface area contributed by atoms with Crippen molar-refractivity contribution in [1.82, 2.24) is 4.90 Å². The normalized spacial score (nSPS) is 17.8. The van der Waals surface area contributed by atoms with Gasteiger partial charge in [0.1, 0.15) is 5.75 Å². The topological polar surface area (TPSA) is 38.8 Å². The standard InChI is InChI=1S/C19H21NO3/c1-22-17-9-5-8-16(13-17)19(21)20-10-11-23-18(14-20)12-15-6-3-2-4-7-15/h2-9,13,18H,10-12,14H2,1H3. The second kappa shape index (κ2) is 7.29. The molecular formula is C19H21NO3. The molecule has 0 spiro atoms. The predicted molar refractivity (Wildman–Crippen MR) is 88.8 cm³/mol. The van der Waals surface area contributed by atoms with E-state index >= 15 is 0 Å². The third-order valence-corrected chi connectivity index (χ3v) is 4.05. The van der Waals surface area contributed by atoms with Gasteiger partial charge in [0.05, 0.1) is 19.8 Å². The highest BCUT2D eigenvalue weighted by Crippen LogP contribution is 2.17. The van der Waals surface area contributed by atoms with Crippen LogP contribution >= 0.6 is 0 Å². The Morgan fingerprint density at radius 3 is 2.83 bits per heavy atom. The molecule has 0 aliphatic carbocycles. The molecule has 1 fully saturated rings.